The van der Waals surface area contributed by atoms with E-state index in [0.717, 1.165) is 18.9 Å². The van der Waals surface area contributed by atoms with E-state index in [0.29, 0.717) is 12.6 Å². The maximum atomic E-state index is 6.00. The molecule has 1 N–H and O–H groups in total. The molecule has 2 aliphatic rings. The second kappa shape index (κ2) is 6.85. The van der Waals surface area contributed by atoms with Crippen molar-refractivity contribution >= 4 is 0 Å². The zero-order chi connectivity index (χ0) is 15.5. The van der Waals surface area contributed by atoms with E-state index in [4.69, 9.17) is 4.74 Å². The van der Waals surface area contributed by atoms with Crippen LogP contribution in [0.15, 0.2) is 36.5 Å². The second-order valence-electron chi connectivity index (χ2n) is 6.71. The van der Waals surface area contributed by atoms with Crippen molar-refractivity contribution in [3.05, 3.63) is 42.4 Å². The van der Waals surface area contributed by atoms with Gasteiger partial charge < -0.3 is 14.6 Å². The third-order valence-electron chi connectivity index (χ3n) is 5.08. The van der Waals surface area contributed by atoms with Crippen molar-refractivity contribution in [2.75, 3.05) is 6.54 Å². The van der Waals surface area contributed by atoms with Gasteiger partial charge in [0.1, 0.15) is 12.4 Å². The van der Waals surface area contributed by atoms with Crippen LogP contribution in [0.4, 0.5) is 0 Å². The number of imidazole rings is 1. The lowest BCUT2D eigenvalue weighted by molar-refractivity contribution is 0.00135. The summed E-state index contributed by atoms with van der Waals surface area (Å²) in [4.78, 5) is 4.54. The van der Waals surface area contributed by atoms with Crippen molar-refractivity contribution in [2.24, 2.45) is 0 Å². The van der Waals surface area contributed by atoms with Crippen LogP contribution in [0.3, 0.4) is 0 Å². The molecule has 2 heterocycles. The first-order valence-corrected chi connectivity index (χ1v) is 8.85. The van der Waals surface area contributed by atoms with E-state index < -0.39 is 0 Å². The van der Waals surface area contributed by atoms with Crippen LogP contribution < -0.4 is 5.32 Å². The van der Waals surface area contributed by atoms with Crippen LogP contribution in [0.25, 0.3) is 11.3 Å². The largest absolute Gasteiger partial charge is 0.367 e. The minimum Gasteiger partial charge on any atom is -0.367 e. The average Bonchev–Trinajstić information content (AvgIpc) is 3.05. The van der Waals surface area contributed by atoms with Crippen LogP contribution in [-0.2, 0) is 17.9 Å². The molecule has 23 heavy (non-hydrogen) atoms. The molecule has 1 saturated carbocycles. The van der Waals surface area contributed by atoms with Crippen molar-refractivity contribution in [1.82, 2.24) is 14.9 Å². The Morgan fingerprint density at radius 2 is 1.96 bits per heavy atom. The van der Waals surface area contributed by atoms with Gasteiger partial charge >= 0.3 is 0 Å². The van der Waals surface area contributed by atoms with Gasteiger partial charge in [-0.15, -0.1) is 0 Å². The highest BCUT2D eigenvalue weighted by Crippen LogP contribution is 2.25. The van der Waals surface area contributed by atoms with E-state index in [-0.39, 0.29) is 6.10 Å². The van der Waals surface area contributed by atoms with Gasteiger partial charge in [-0.1, -0.05) is 49.6 Å². The number of benzene rings is 1. The van der Waals surface area contributed by atoms with E-state index in [2.05, 4.69) is 45.2 Å². The topological polar surface area (TPSA) is 39.1 Å². The van der Waals surface area contributed by atoms with E-state index in [1.807, 2.05) is 6.20 Å². The van der Waals surface area contributed by atoms with Crippen molar-refractivity contribution in [1.29, 1.82) is 0 Å². The summed E-state index contributed by atoms with van der Waals surface area (Å²) in [5.41, 5.74) is 2.43. The summed E-state index contributed by atoms with van der Waals surface area (Å²) in [5.74, 6) is 1.04. The molecule has 4 rings (SSSR count). The summed E-state index contributed by atoms with van der Waals surface area (Å²) < 4.78 is 8.32. The van der Waals surface area contributed by atoms with E-state index in [1.165, 1.54) is 43.4 Å². The number of ether oxygens (including phenoxy) is 1. The molecular weight excluding hydrogens is 286 g/mol. The van der Waals surface area contributed by atoms with Gasteiger partial charge in [0, 0.05) is 12.6 Å². The normalized spacial score (nSPS) is 22.0. The van der Waals surface area contributed by atoms with Crippen LogP contribution in [0.2, 0.25) is 0 Å². The van der Waals surface area contributed by atoms with Gasteiger partial charge in [-0.3, -0.25) is 0 Å². The monoisotopic (exact) mass is 311 g/mol. The minimum atomic E-state index is 0.237. The molecule has 1 aromatic heterocycles. The first-order valence-electron chi connectivity index (χ1n) is 8.85. The van der Waals surface area contributed by atoms with Crippen LogP contribution in [0.1, 0.15) is 37.9 Å². The quantitative estimate of drug-likeness (QED) is 0.941. The maximum Gasteiger partial charge on any atom is 0.135 e. The first kappa shape index (κ1) is 14.9. The van der Waals surface area contributed by atoms with Gasteiger partial charge in [0.05, 0.1) is 24.5 Å². The number of rotatable bonds is 4. The number of hydrogen-bond donors (Lipinski definition) is 1. The van der Waals surface area contributed by atoms with Gasteiger partial charge in [0.15, 0.2) is 0 Å². The van der Waals surface area contributed by atoms with Crippen molar-refractivity contribution < 1.29 is 4.74 Å². The Labute approximate surface area is 137 Å². The van der Waals surface area contributed by atoms with E-state index in [9.17, 15) is 0 Å². The number of nitrogens with one attached hydrogen (secondary N) is 1. The van der Waals surface area contributed by atoms with E-state index >= 15 is 0 Å². The second-order valence-corrected chi connectivity index (χ2v) is 6.71. The molecule has 1 aliphatic carbocycles. The smallest absolute Gasteiger partial charge is 0.135 e. The Hall–Kier alpha value is -1.65. The van der Waals surface area contributed by atoms with Crippen molar-refractivity contribution in [3.63, 3.8) is 0 Å². The summed E-state index contributed by atoms with van der Waals surface area (Å²) >= 11 is 0. The molecule has 122 valence electrons. The lowest BCUT2D eigenvalue weighted by Gasteiger charge is -2.29. The Bertz CT molecular complexity index is 631. The Balaban J connectivity index is 1.43. The van der Waals surface area contributed by atoms with Crippen molar-refractivity contribution in [2.45, 2.75) is 57.4 Å². The fourth-order valence-corrected chi connectivity index (χ4v) is 3.75. The molecule has 0 radical (unpaired) electrons. The maximum absolute atomic E-state index is 6.00. The lowest BCUT2D eigenvalue weighted by Crippen LogP contribution is -2.41. The molecule has 4 nitrogen and oxygen atoms in total. The fraction of sp³-hybridized carbons (Fsp3) is 0.526. The molecule has 1 atom stereocenters. The molecule has 0 amide bonds. The fourth-order valence-electron chi connectivity index (χ4n) is 3.75. The SMILES string of the molecule is c1ccc(-c2cnc3n2CC(CNC2CCCCC2)OC3)cc1. The predicted octanol–water partition coefficient (Wildman–Crippen LogP) is 3.37. The third kappa shape index (κ3) is 3.33. The number of hydrogen-bond acceptors (Lipinski definition) is 3. The Kier molecular flexibility index (Phi) is 4.44. The average molecular weight is 311 g/mol. The molecule has 1 fully saturated rings. The molecule has 1 aliphatic heterocycles. The minimum absolute atomic E-state index is 0.237. The number of aromatic nitrogens is 2. The standard InChI is InChI=1S/C19H25N3O/c1-3-7-15(8-4-1)18-12-21-19-14-23-17(13-22(18)19)11-20-16-9-5-2-6-10-16/h1,3-4,7-8,12,16-17,20H,2,5-6,9-11,13-14H2. The van der Waals surface area contributed by atoms with Crippen LogP contribution in [0, 0.1) is 0 Å². The Morgan fingerprint density at radius 3 is 2.78 bits per heavy atom. The number of nitrogens with zero attached hydrogens (tertiary/aromatic N) is 2. The zero-order valence-electron chi connectivity index (χ0n) is 13.6. The van der Waals surface area contributed by atoms with Crippen LogP contribution in [-0.4, -0.2) is 28.2 Å². The molecule has 1 unspecified atom stereocenters. The van der Waals surface area contributed by atoms with E-state index in [1.54, 1.807) is 0 Å². The van der Waals surface area contributed by atoms with Gasteiger partial charge in [-0.2, -0.15) is 0 Å². The molecular formula is C19H25N3O. The first-order chi connectivity index (χ1) is 11.4. The summed E-state index contributed by atoms with van der Waals surface area (Å²) in [7, 11) is 0. The zero-order valence-corrected chi connectivity index (χ0v) is 13.6. The molecule has 0 bridgehead atoms. The molecule has 0 saturated heterocycles. The van der Waals surface area contributed by atoms with Gasteiger partial charge in [0.25, 0.3) is 0 Å². The van der Waals surface area contributed by atoms with Gasteiger partial charge in [-0.25, -0.2) is 4.98 Å². The summed E-state index contributed by atoms with van der Waals surface area (Å²) in [6.07, 6.45) is 8.99. The summed E-state index contributed by atoms with van der Waals surface area (Å²) in [6, 6.07) is 11.2. The predicted molar refractivity (Wildman–Crippen MR) is 91.1 cm³/mol. The highest BCUT2D eigenvalue weighted by Gasteiger charge is 2.23. The molecule has 2 aromatic rings. The van der Waals surface area contributed by atoms with Crippen LogP contribution >= 0.6 is 0 Å². The molecule has 4 heteroatoms. The lowest BCUT2D eigenvalue weighted by atomic mass is 9.95. The van der Waals surface area contributed by atoms with Crippen LogP contribution in [0.5, 0.6) is 0 Å². The highest BCUT2D eigenvalue weighted by molar-refractivity contribution is 5.59. The third-order valence-corrected chi connectivity index (χ3v) is 5.08. The molecule has 1 aromatic carbocycles. The van der Waals surface area contributed by atoms with Crippen molar-refractivity contribution in [3.8, 4) is 11.3 Å². The highest BCUT2D eigenvalue weighted by atomic mass is 16.5. The summed E-state index contributed by atoms with van der Waals surface area (Å²) in [6.45, 7) is 2.44. The van der Waals surface area contributed by atoms with Gasteiger partial charge in [0.2, 0.25) is 0 Å². The summed E-state index contributed by atoms with van der Waals surface area (Å²) in [5, 5.41) is 3.71. The van der Waals surface area contributed by atoms with Gasteiger partial charge in [-0.05, 0) is 18.4 Å². The molecule has 0 spiro atoms. The Morgan fingerprint density at radius 1 is 1.13 bits per heavy atom. The number of fused-ring (bicyclic) bond motifs is 1.